The molecule has 0 bridgehead atoms. The number of hydrogen-bond donors (Lipinski definition) is 2. The highest BCUT2D eigenvalue weighted by atomic mass is 32.2. The summed E-state index contributed by atoms with van der Waals surface area (Å²) in [6.45, 7) is 5.13. The number of amides is 3. The maximum atomic E-state index is 12.2. The minimum absolute atomic E-state index is 0.0567. The van der Waals surface area contributed by atoms with Crippen LogP contribution in [0.25, 0.3) is 11.4 Å². The molecule has 174 valence electrons. The van der Waals surface area contributed by atoms with E-state index in [1.165, 1.54) is 17.3 Å². The van der Waals surface area contributed by atoms with E-state index >= 15 is 0 Å². The molecule has 3 aromatic rings. The van der Waals surface area contributed by atoms with Gasteiger partial charge in [0, 0.05) is 18.7 Å². The number of aryl methyl sites for hydroxylation is 1. The van der Waals surface area contributed by atoms with Crippen LogP contribution in [0.5, 0.6) is 5.75 Å². The number of thioether (sulfide) groups is 1. The normalized spacial score (nSPS) is 10.8. The lowest BCUT2D eigenvalue weighted by Crippen LogP contribution is -2.41. The fraction of sp³-hybridized carbons (Fsp3) is 0.333. The van der Waals surface area contributed by atoms with Crippen molar-refractivity contribution in [2.24, 2.45) is 5.92 Å². The Morgan fingerprint density at radius 2 is 1.79 bits per heavy atom. The van der Waals surface area contributed by atoms with Gasteiger partial charge in [0.05, 0.1) is 12.9 Å². The van der Waals surface area contributed by atoms with Gasteiger partial charge in [-0.05, 0) is 42.2 Å². The van der Waals surface area contributed by atoms with Crippen LogP contribution < -0.4 is 15.4 Å². The lowest BCUT2D eigenvalue weighted by Gasteiger charge is -2.11. The number of carbonyl (C=O) groups excluding carboxylic acids is 2. The minimum Gasteiger partial charge on any atom is -0.497 e. The van der Waals surface area contributed by atoms with Crippen molar-refractivity contribution < 1.29 is 14.3 Å². The lowest BCUT2D eigenvalue weighted by atomic mass is 10.1. The molecule has 0 unspecified atom stereocenters. The minimum atomic E-state index is -0.487. The third-order valence-corrected chi connectivity index (χ3v) is 5.75. The van der Waals surface area contributed by atoms with Gasteiger partial charge >= 0.3 is 6.03 Å². The number of methoxy groups -OCH3 is 1. The van der Waals surface area contributed by atoms with Gasteiger partial charge in [0.25, 0.3) is 0 Å². The van der Waals surface area contributed by atoms with E-state index in [-0.39, 0.29) is 11.7 Å². The average Bonchev–Trinajstić information content (AvgIpc) is 3.23. The molecule has 3 rings (SSSR count). The summed E-state index contributed by atoms with van der Waals surface area (Å²) in [5.41, 5.74) is 2.10. The van der Waals surface area contributed by atoms with Crippen molar-refractivity contribution in [2.45, 2.75) is 32.0 Å². The van der Waals surface area contributed by atoms with E-state index in [0.717, 1.165) is 17.7 Å². The van der Waals surface area contributed by atoms with Gasteiger partial charge in [-0.1, -0.05) is 55.9 Å². The van der Waals surface area contributed by atoms with Gasteiger partial charge in [-0.2, -0.15) is 0 Å². The number of urea groups is 1. The average molecular weight is 468 g/mol. The monoisotopic (exact) mass is 467 g/mol. The zero-order valence-corrected chi connectivity index (χ0v) is 19.9. The second-order valence-corrected chi connectivity index (χ2v) is 8.81. The van der Waals surface area contributed by atoms with Crippen molar-refractivity contribution in [3.05, 3.63) is 60.2 Å². The topological polar surface area (TPSA) is 98.1 Å². The highest BCUT2D eigenvalue weighted by molar-refractivity contribution is 7.99. The molecule has 8 nitrogen and oxygen atoms in total. The number of nitrogens with zero attached hydrogens (tertiary/aromatic N) is 3. The summed E-state index contributed by atoms with van der Waals surface area (Å²) in [4.78, 5) is 24.1. The first-order chi connectivity index (χ1) is 16.0. The highest BCUT2D eigenvalue weighted by Gasteiger charge is 2.17. The summed E-state index contributed by atoms with van der Waals surface area (Å²) in [6, 6.07) is 17.3. The molecule has 0 aliphatic carbocycles. The maximum Gasteiger partial charge on any atom is 0.321 e. The van der Waals surface area contributed by atoms with E-state index in [1.54, 1.807) is 7.11 Å². The Kier molecular flexibility index (Phi) is 8.88. The number of aromatic nitrogens is 3. The molecule has 0 fully saturated rings. The van der Waals surface area contributed by atoms with Crippen LogP contribution in [-0.2, 0) is 17.8 Å². The second-order valence-electron chi connectivity index (χ2n) is 7.86. The number of carbonyl (C=O) groups is 2. The summed E-state index contributed by atoms with van der Waals surface area (Å²) < 4.78 is 7.25. The van der Waals surface area contributed by atoms with Gasteiger partial charge in [-0.15, -0.1) is 10.2 Å². The van der Waals surface area contributed by atoms with Crippen LogP contribution >= 0.6 is 11.8 Å². The van der Waals surface area contributed by atoms with Gasteiger partial charge in [-0.25, -0.2) is 4.79 Å². The van der Waals surface area contributed by atoms with Gasteiger partial charge in [0.1, 0.15) is 5.75 Å². The van der Waals surface area contributed by atoms with Crippen LogP contribution in [0, 0.1) is 5.92 Å². The molecule has 1 aromatic heterocycles. The molecule has 0 radical (unpaired) electrons. The van der Waals surface area contributed by atoms with Crippen molar-refractivity contribution in [3.8, 4) is 17.1 Å². The Morgan fingerprint density at radius 1 is 1.06 bits per heavy atom. The number of rotatable bonds is 10. The largest absolute Gasteiger partial charge is 0.497 e. The molecule has 0 saturated heterocycles. The molecule has 0 aliphatic rings. The molecular weight excluding hydrogens is 438 g/mol. The van der Waals surface area contributed by atoms with Gasteiger partial charge in [0.2, 0.25) is 5.91 Å². The molecule has 2 aromatic carbocycles. The van der Waals surface area contributed by atoms with Crippen LogP contribution in [-0.4, -0.2) is 46.1 Å². The van der Waals surface area contributed by atoms with E-state index in [2.05, 4.69) is 33.0 Å². The zero-order valence-electron chi connectivity index (χ0n) is 19.1. The van der Waals surface area contributed by atoms with E-state index < -0.39 is 6.03 Å². The Labute approximate surface area is 198 Å². The molecule has 3 amide bonds. The molecule has 33 heavy (non-hydrogen) atoms. The third kappa shape index (κ3) is 7.35. The Hall–Kier alpha value is -3.33. The number of ether oxygens (including phenoxy) is 1. The standard InChI is InChI=1S/C24H29N5O3S/c1-17(2)15-25-23(31)26-21(30)16-33-24-28-27-22(19-9-11-20(32-3)12-10-19)29(24)14-13-18-7-5-4-6-8-18/h4-12,17H,13-16H2,1-3H3,(H2,25,26,30,31). The highest BCUT2D eigenvalue weighted by Crippen LogP contribution is 2.26. The first-order valence-corrected chi connectivity index (χ1v) is 11.8. The molecule has 0 atom stereocenters. The van der Waals surface area contributed by atoms with Crippen molar-refractivity contribution in [1.29, 1.82) is 0 Å². The van der Waals surface area contributed by atoms with E-state index in [4.69, 9.17) is 4.74 Å². The summed E-state index contributed by atoms with van der Waals surface area (Å²) >= 11 is 1.25. The molecule has 9 heteroatoms. The number of hydrogen-bond acceptors (Lipinski definition) is 6. The number of nitrogens with one attached hydrogen (secondary N) is 2. The smallest absolute Gasteiger partial charge is 0.321 e. The van der Waals surface area contributed by atoms with Crippen LogP contribution in [0.15, 0.2) is 59.8 Å². The first kappa shape index (κ1) is 24.3. The number of imide groups is 1. The molecule has 0 spiro atoms. The molecule has 1 heterocycles. The van der Waals surface area contributed by atoms with Crippen LogP contribution in [0.4, 0.5) is 4.79 Å². The predicted octanol–water partition coefficient (Wildman–Crippen LogP) is 3.77. The van der Waals surface area contributed by atoms with Gasteiger partial charge in [-0.3, -0.25) is 10.1 Å². The lowest BCUT2D eigenvalue weighted by molar-refractivity contribution is -0.117. The predicted molar refractivity (Wildman–Crippen MR) is 129 cm³/mol. The van der Waals surface area contributed by atoms with E-state index in [9.17, 15) is 9.59 Å². The first-order valence-electron chi connectivity index (χ1n) is 10.8. The summed E-state index contributed by atoms with van der Waals surface area (Å²) in [6.07, 6.45) is 0.791. The van der Waals surface area contributed by atoms with Gasteiger partial charge in [0.15, 0.2) is 11.0 Å². The fourth-order valence-electron chi connectivity index (χ4n) is 3.07. The van der Waals surface area contributed by atoms with E-state index in [0.29, 0.717) is 30.0 Å². The van der Waals surface area contributed by atoms with Crippen molar-refractivity contribution in [2.75, 3.05) is 19.4 Å². The summed E-state index contributed by atoms with van der Waals surface area (Å²) in [7, 11) is 1.63. The summed E-state index contributed by atoms with van der Waals surface area (Å²) in [5.74, 6) is 1.45. The fourth-order valence-corrected chi connectivity index (χ4v) is 3.83. The zero-order chi connectivity index (χ0) is 23.6. The van der Waals surface area contributed by atoms with Crippen molar-refractivity contribution in [1.82, 2.24) is 25.4 Å². The molecule has 0 saturated carbocycles. The van der Waals surface area contributed by atoms with E-state index in [1.807, 2.05) is 60.9 Å². The Morgan fingerprint density at radius 3 is 2.45 bits per heavy atom. The second kappa shape index (κ2) is 12.1. The SMILES string of the molecule is COc1ccc(-c2nnc(SCC(=O)NC(=O)NCC(C)C)n2CCc2ccccc2)cc1. The molecular formula is C24H29N5O3S. The summed E-state index contributed by atoms with van der Waals surface area (Å²) in [5, 5.41) is 14.3. The quantitative estimate of drug-likeness (QED) is 0.441. The van der Waals surface area contributed by atoms with Crippen molar-refractivity contribution >= 4 is 23.7 Å². The Balaban J connectivity index is 1.72. The maximum absolute atomic E-state index is 12.2. The molecule has 0 aliphatic heterocycles. The Bertz CT molecular complexity index is 1050. The van der Waals surface area contributed by atoms with Crippen LogP contribution in [0.3, 0.4) is 0 Å². The van der Waals surface area contributed by atoms with Crippen LogP contribution in [0.1, 0.15) is 19.4 Å². The van der Waals surface area contributed by atoms with Gasteiger partial charge < -0.3 is 14.6 Å². The van der Waals surface area contributed by atoms with Crippen molar-refractivity contribution in [3.63, 3.8) is 0 Å². The van der Waals surface area contributed by atoms with Crippen LogP contribution in [0.2, 0.25) is 0 Å². The molecule has 2 N–H and O–H groups in total. The third-order valence-electron chi connectivity index (χ3n) is 4.79. The number of benzene rings is 2.